The summed E-state index contributed by atoms with van der Waals surface area (Å²) in [5.74, 6) is -1.52. The minimum atomic E-state index is -1.04. The highest BCUT2D eigenvalue weighted by Crippen LogP contribution is 2.21. The van der Waals surface area contributed by atoms with Gasteiger partial charge in [-0.15, -0.1) is 0 Å². The summed E-state index contributed by atoms with van der Waals surface area (Å²) >= 11 is 5.23. The van der Waals surface area contributed by atoms with E-state index < -0.39 is 29.6 Å². The van der Waals surface area contributed by atoms with Gasteiger partial charge in [0.05, 0.1) is 13.0 Å². The summed E-state index contributed by atoms with van der Waals surface area (Å²) in [7, 11) is 1.45. The number of hydrazine groups is 1. The summed E-state index contributed by atoms with van der Waals surface area (Å²) in [6, 6.07) is 10.9. The number of thiocarbonyl (C=S) groups is 1. The first-order valence-electron chi connectivity index (χ1n) is 9.50. The van der Waals surface area contributed by atoms with Crippen LogP contribution in [0.25, 0.3) is 0 Å². The van der Waals surface area contributed by atoms with E-state index in [4.69, 9.17) is 17.0 Å². The topological polar surface area (TPSA) is 91.0 Å². The summed E-state index contributed by atoms with van der Waals surface area (Å²) in [5, 5.41) is 3.90. The molecule has 0 spiro atoms. The van der Waals surface area contributed by atoms with Crippen LogP contribution in [0.5, 0.6) is 5.75 Å². The molecule has 0 aromatic heterocycles. The van der Waals surface area contributed by atoms with E-state index in [-0.39, 0.29) is 17.1 Å². The number of rotatable bonds is 7. The van der Waals surface area contributed by atoms with E-state index in [2.05, 4.69) is 10.7 Å². The van der Waals surface area contributed by atoms with Gasteiger partial charge in [0.25, 0.3) is 11.8 Å². The Hall–Kier alpha value is -3.53. The molecule has 1 heterocycles. The van der Waals surface area contributed by atoms with Gasteiger partial charge < -0.3 is 10.1 Å². The second-order valence-electron chi connectivity index (χ2n) is 6.73. The average Bonchev–Trinajstić information content (AvgIpc) is 2.92. The number of amides is 3. The molecule has 0 bridgehead atoms. The zero-order valence-electron chi connectivity index (χ0n) is 16.9. The Kier molecular flexibility index (Phi) is 6.81. The van der Waals surface area contributed by atoms with Crippen LogP contribution in [0.15, 0.2) is 48.5 Å². The summed E-state index contributed by atoms with van der Waals surface area (Å²) in [5.41, 5.74) is 3.07. The van der Waals surface area contributed by atoms with E-state index in [1.807, 2.05) is 6.92 Å². The molecular formula is C21H21FN4O4S. The molecule has 1 aliphatic rings. The standard InChI is InChI=1S/C21H21FN4O4S/c1-3-30-16-9-5-8-15(11-16)23-18(27)12-17-20(29)25(2)21(31)26(17)24-19(28)13-6-4-7-14(22)10-13/h4-11,17H,3,12H2,1-2H3,(H,23,27)(H,24,28). The Labute approximate surface area is 183 Å². The van der Waals surface area contributed by atoms with Crippen LogP contribution in [0.1, 0.15) is 23.7 Å². The highest BCUT2D eigenvalue weighted by molar-refractivity contribution is 7.80. The number of benzene rings is 2. The van der Waals surface area contributed by atoms with Crippen molar-refractivity contribution in [2.24, 2.45) is 0 Å². The minimum Gasteiger partial charge on any atom is -0.494 e. The Morgan fingerprint density at radius 1 is 1.19 bits per heavy atom. The van der Waals surface area contributed by atoms with Crippen molar-refractivity contribution in [2.75, 3.05) is 19.0 Å². The lowest BCUT2D eigenvalue weighted by Crippen LogP contribution is -2.49. The molecular weight excluding hydrogens is 423 g/mol. The molecule has 1 aliphatic heterocycles. The second kappa shape index (κ2) is 9.52. The van der Waals surface area contributed by atoms with Gasteiger partial charge in [-0.3, -0.25) is 24.7 Å². The molecule has 1 unspecified atom stereocenters. The van der Waals surface area contributed by atoms with E-state index in [1.54, 1.807) is 24.3 Å². The molecule has 2 aromatic rings. The number of likely N-dealkylation sites (N-methyl/N-ethyl adjacent to an activating group) is 1. The molecule has 1 saturated heterocycles. The fourth-order valence-electron chi connectivity index (χ4n) is 3.05. The first-order valence-corrected chi connectivity index (χ1v) is 9.91. The maximum Gasteiger partial charge on any atom is 0.269 e. The van der Waals surface area contributed by atoms with Gasteiger partial charge in [-0.05, 0) is 49.5 Å². The molecule has 3 amide bonds. The van der Waals surface area contributed by atoms with Gasteiger partial charge in [-0.25, -0.2) is 9.40 Å². The van der Waals surface area contributed by atoms with Crippen LogP contribution in [-0.4, -0.2) is 52.4 Å². The van der Waals surface area contributed by atoms with E-state index in [0.29, 0.717) is 18.0 Å². The molecule has 0 aliphatic carbocycles. The van der Waals surface area contributed by atoms with Crippen molar-refractivity contribution in [2.45, 2.75) is 19.4 Å². The number of carbonyl (C=O) groups excluding carboxylic acids is 3. The van der Waals surface area contributed by atoms with E-state index in [0.717, 1.165) is 11.1 Å². The largest absolute Gasteiger partial charge is 0.494 e. The Bertz CT molecular complexity index is 1030. The van der Waals surface area contributed by atoms with E-state index >= 15 is 0 Å². The Morgan fingerprint density at radius 3 is 2.65 bits per heavy atom. The zero-order chi connectivity index (χ0) is 22.5. The lowest BCUT2D eigenvalue weighted by Gasteiger charge is -2.24. The molecule has 3 rings (SSSR count). The third-order valence-electron chi connectivity index (χ3n) is 4.54. The van der Waals surface area contributed by atoms with Gasteiger partial charge in [0.2, 0.25) is 5.91 Å². The zero-order valence-corrected chi connectivity index (χ0v) is 17.7. The van der Waals surface area contributed by atoms with E-state index in [1.165, 1.54) is 30.1 Å². The van der Waals surface area contributed by atoms with Gasteiger partial charge in [-0.2, -0.15) is 0 Å². The van der Waals surface area contributed by atoms with Crippen molar-refractivity contribution in [3.05, 3.63) is 59.9 Å². The summed E-state index contributed by atoms with van der Waals surface area (Å²) in [4.78, 5) is 38.9. The van der Waals surface area contributed by atoms with Crippen LogP contribution in [0.4, 0.5) is 10.1 Å². The van der Waals surface area contributed by atoms with E-state index in [9.17, 15) is 18.8 Å². The summed E-state index contributed by atoms with van der Waals surface area (Å²) in [6.07, 6.45) is -0.258. The van der Waals surface area contributed by atoms with Crippen LogP contribution in [0.3, 0.4) is 0 Å². The smallest absolute Gasteiger partial charge is 0.269 e. The molecule has 2 N–H and O–H groups in total. The fraction of sp³-hybridized carbons (Fsp3) is 0.238. The van der Waals surface area contributed by atoms with Crippen molar-refractivity contribution in [1.82, 2.24) is 15.3 Å². The Morgan fingerprint density at radius 2 is 1.94 bits per heavy atom. The van der Waals surface area contributed by atoms with Gasteiger partial charge in [0, 0.05) is 24.4 Å². The van der Waals surface area contributed by atoms with Crippen molar-refractivity contribution in [1.29, 1.82) is 0 Å². The number of nitrogens with zero attached hydrogens (tertiary/aromatic N) is 2. The molecule has 1 atom stereocenters. The lowest BCUT2D eigenvalue weighted by molar-refractivity contribution is -0.130. The second-order valence-corrected chi connectivity index (χ2v) is 7.10. The third-order valence-corrected chi connectivity index (χ3v) is 5.01. The maximum atomic E-state index is 13.4. The fourth-order valence-corrected chi connectivity index (χ4v) is 3.31. The highest BCUT2D eigenvalue weighted by atomic mass is 32.1. The summed E-state index contributed by atoms with van der Waals surface area (Å²) in [6.45, 7) is 2.33. The van der Waals surface area contributed by atoms with Crippen molar-refractivity contribution in [3.63, 3.8) is 0 Å². The predicted molar refractivity (Wildman–Crippen MR) is 116 cm³/mol. The first-order chi connectivity index (χ1) is 14.8. The SMILES string of the molecule is CCOc1cccc(NC(=O)CC2C(=O)N(C)C(=S)N2NC(=O)c2cccc(F)c2)c1. The predicted octanol–water partition coefficient (Wildman–Crippen LogP) is 2.33. The van der Waals surface area contributed by atoms with Gasteiger partial charge in [-0.1, -0.05) is 12.1 Å². The monoisotopic (exact) mass is 444 g/mol. The Balaban J connectivity index is 1.72. The molecule has 0 saturated carbocycles. The summed E-state index contributed by atoms with van der Waals surface area (Å²) < 4.78 is 18.8. The van der Waals surface area contributed by atoms with Crippen LogP contribution < -0.4 is 15.5 Å². The van der Waals surface area contributed by atoms with Gasteiger partial charge >= 0.3 is 0 Å². The first kappa shape index (κ1) is 22.2. The molecule has 8 nitrogen and oxygen atoms in total. The van der Waals surface area contributed by atoms with Crippen LogP contribution >= 0.6 is 12.2 Å². The lowest BCUT2D eigenvalue weighted by atomic mass is 10.2. The molecule has 10 heteroatoms. The quantitative estimate of drug-likeness (QED) is 0.637. The number of ether oxygens (including phenoxy) is 1. The number of hydrogen-bond acceptors (Lipinski definition) is 5. The van der Waals surface area contributed by atoms with Crippen molar-refractivity contribution in [3.8, 4) is 5.75 Å². The number of nitrogens with one attached hydrogen (secondary N) is 2. The number of anilines is 1. The number of halogens is 1. The van der Waals surface area contributed by atoms with Crippen LogP contribution in [0, 0.1) is 5.82 Å². The highest BCUT2D eigenvalue weighted by Gasteiger charge is 2.42. The van der Waals surface area contributed by atoms with Crippen LogP contribution in [0.2, 0.25) is 0 Å². The third kappa shape index (κ3) is 5.15. The molecule has 2 aromatic carbocycles. The van der Waals surface area contributed by atoms with Crippen molar-refractivity contribution >= 4 is 40.7 Å². The van der Waals surface area contributed by atoms with Gasteiger partial charge in [0.15, 0.2) is 5.11 Å². The molecule has 31 heavy (non-hydrogen) atoms. The van der Waals surface area contributed by atoms with Gasteiger partial charge in [0.1, 0.15) is 17.6 Å². The normalized spacial score (nSPS) is 15.8. The maximum absolute atomic E-state index is 13.4. The molecule has 162 valence electrons. The van der Waals surface area contributed by atoms with Crippen molar-refractivity contribution < 1.29 is 23.5 Å². The number of hydrogen-bond donors (Lipinski definition) is 2. The molecule has 0 radical (unpaired) electrons. The number of carbonyl (C=O) groups is 3. The molecule has 1 fully saturated rings. The average molecular weight is 444 g/mol. The van der Waals surface area contributed by atoms with Crippen LogP contribution in [-0.2, 0) is 9.59 Å². The minimum absolute atomic E-state index is 0.0332.